The lowest BCUT2D eigenvalue weighted by molar-refractivity contribution is 0.102. The maximum atomic E-state index is 12.8. The van der Waals surface area contributed by atoms with E-state index in [0.717, 1.165) is 0 Å². The van der Waals surface area contributed by atoms with Crippen molar-refractivity contribution in [3.8, 4) is 5.75 Å². The molecule has 0 bridgehead atoms. The molecule has 0 radical (unpaired) electrons. The summed E-state index contributed by atoms with van der Waals surface area (Å²) in [6.45, 7) is 0.0684. The van der Waals surface area contributed by atoms with Gasteiger partial charge in [-0.2, -0.15) is 0 Å². The lowest BCUT2D eigenvalue weighted by atomic mass is 10.2. The number of nitrogens with one attached hydrogen (secondary N) is 1. The minimum atomic E-state index is -0.272. The zero-order chi connectivity index (χ0) is 22.1. The lowest BCUT2D eigenvalue weighted by Gasteiger charge is -2.12. The molecule has 5 aromatic rings. The third-order valence-electron chi connectivity index (χ3n) is 5.21. The zero-order valence-corrected chi connectivity index (χ0v) is 17.2. The van der Waals surface area contributed by atoms with Crippen LogP contribution in [0.4, 0.5) is 5.69 Å². The number of fused-ring (bicyclic) bond motifs is 3. The number of aromatic nitrogens is 4. The van der Waals surface area contributed by atoms with E-state index in [0.29, 0.717) is 39.5 Å². The van der Waals surface area contributed by atoms with Gasteiger partial charge in [0.1, 0.15) is 12.4 Å². The molecule has 1 N–H and O–H groups in total. The Morgan fingerprint density at radius 3 is 2.50 bits per heavy atom. The fraction of sp³-hybridized carbons (Fsp3) is 0.0833. The minimum absolute atomic E-state index is 0.0684. The summed E-state index contributed by atoms with van der Waals surface area (Å²) in [5.41, 5.74) is 1.66. The van der Waals surface area contributed by atoms with Gasteiger partial charge in [0.2, 0.25) is 5.78 Å². The number of amides is 1. The fourth-order valence-electron chi connectivity index (χ4n) is 3.63. The highest BCUT2D eigenvalue weighted by atomic mass is 16.5. The molecule has 0 saturated carbocycles. The molecule has 0 spiro atoms. The molecule has 3 aromatic carbocycles. The Bertz CT molecular complexity index is 1510. The first-order valence-electron chi connectivity index (χ1n) is 10.0. The summed E-state index contributed by atoms with van der Waals surface area (Å²) in [4.78, 5) is 25.4. The molecule has 0 aliphatic heterocycles. The molecular weight excluding hydrogens is 406 g/mol. The molecule has 158 valence electrons. The highest BCUT2D eigenvalue weighted by Crippen LogP contribution is 2.22. The van der Waals surface area contributed by atoms with Crippen LogP contribution >= 0.6 is 0 Å². The van der Waals surface area contributed by atoms with Crippen LogP contribution in [0.3, 0.4) is 0 Å². The number of ether oxygens (including phenoxy) is 1. The number of aryl methyl sites for hydroxylation is 1. The standard InChI is InChI=1S/C24H19N5O3/c1-28-23(31)17-11-5-7-13-19(17)29-21(26-27-24(28)29)15-32-20-14-8-6-12-18(20)22(30)25-16-9-3-2-4-10-16/h2-14H,15H2,1H3,(H,25,30). The molecule has 2 heterocycles. The summed E-state index contributed by atoms with van der Waals surface area (Å²) in [6.07, 6.45) is 0. The average molecular weight is 425 g/mol. The first-order valence-corrected chi connectivity index (χ1v) is 10.0. The number of nitrogens with zero attached hydrogens (tertiary/aromatic N) is 4. The number of benzene rings is 3. The molecule has 32 heavy (non-hydrogen) atoms. The predicted octanol–water partition coefficient (Wildman–Crippen LogP) is 3.41. The molecular formula is C24H19N5O3. The van der Waals surface area contributed by atoms with Gasteiger partial charge in [-0.05, 0) is 36.4 Å². The van der Waals surface area contributed by atoms with Gasteiger partial charge in [0.05, 0.1) is 16.5 Å². The maximum Gasteiger partial charge on any atom is 0.262 e. The Balaban J connectivity index is 1.47. The van der Waals surface area contributed by atoms with Gasteiger partial charge in [0.25, 0.3) is 11.5 Å². The van der Waals surface area contributed by atoms with Gasteiger partial charge in [-0.3, -0.25) is 18.6 Å². The number of hydrogen-bond acceptors (Lipinski definition) is 5. The monoisotopic (exact) mass is 425 g/mol. The predicted molar refractivity (Wildman–Crippen MR) is 121 cm³/mol. The van der Waals surface area contributed by atoms with Crippen LogP contribution in [0.1, 0.15) is 16.2 Å². The van der Waals surface area contributed by atoms with Crippen molar-refractivity contribution in [2.75, 3.05) is 5.32 Å². The van der Waals surface area contributed by atoms with Crippen molar-refractivity contribution >= 4 is 28.3 Å². The molecule has 8 nitrogen and oxygen atoms in total. The third kappa shape index (κ3) is 3.37. The van der Waals surface area contributed by atoms with Crippen LogP contribution in [-0.2, 0) is 13.7 Å². The van der Waals surface area contributed by atoms with Crippen LogP contribution in [0.2, 0.25) is 0 Å². The quantitative estimate of drug-likeness (QED) is 0.466. The molecule has 0 atom stereocenters. The largest absolute Gasteiger partial charge is 0.485 e. The normalized spacial score (nSPS) is 11.0. The summed E-state index contributed by atoms with van der Waals surface area (Å²) in [5, 5.41) is 11.8. The van der Waals surface area contributed by atoms with E-state index in [2.05, 4.69) is 15.5 Å². The molecule has 2 aromatic heterocycles. The fourth-order valence-corrected chi connectivity index (χ4v) is 3.63. The van der Waals surface area contributed by atoms with Gasteiger partial charge in [-0.25, -0.2) is 0 Å². The van der Waals surface area contributed by atoms with Gasteiger partial charge in [0.15, 0.2) is 5.82 Å². The number of rotatable bonds is 5. The number of para-hydroxylation sites is 3. The Kier molecular flexibility index (Phi) is 4.87. The highest BCUT2D eigenvalue weighted by molar-refractivity contribution is 6.06. The maximum absolute atomic E-state index is 12.8. The molecule has 0 unspecified atom stereocenters. The first kappa shape index (κ1) is 19.5. The molecule has 0 aliphatic rings. The zero-order valence-electron chi connectivity index (χ0n) is 17.2. The summed E-state index contributed by atoms with van der Waals surface area (Å²) in [6, 6.07) is 23.5. The van der Waals surface area contributed by atoms with E-state index >= 15 is 0 Å². The van der Waals surface area contributed by atoms with Gasteiger partial charge in [-0.1, -0.05) is 42.5 Å². The van der Waals surface area contributed by atoms with Gasteiger partial charge in [0, 0.05) is 12.7 Å². The van der Waals surface area contributed by atoms with E-state index in [4.69, 9.17) is 4.74 Å². The summed E-state index contributed by atoms with van der Waals surface area (Å²) in [7, 11) is 1.66. The van der Waals surface area contributed by atoms with Crippen LogP contribution in [0.25, 0.3) is 16.7 Å². The van der Waals surface area contributed by atoms with Crippen LogP contribution in [-0.4, -0.2) is 25.1 Å². The molecule has 8 heteroatoms. The van der Waals surface area contributed by atoms with Gasteiger partial charge in [-0.15, -0.1) is 10.2 Å². The third-order valence-corrected chi connectivity index (χ3v) is 5.21. The summed E-state index contributed by atoms with van der Waals surface area (Å²) in [5.74, 6) is 1.09. The Labute approximate surface area is 182 Å². The van der Waals surface area contributed by atoms with Crippen LogP contribution in [0, 0.1) is 0 Å². The van der Waals surface area contributed by atoms with Crippen molar-refractivity contribution < 1.29 is 9.53 Å². The molecule has 5 rings (SSSR count). The second kappa shape index (κ2) is 7.99. The van der Waals surface area contributed by atoms with Gasteiger partial charge < -0.3 is 10.1 Å². The van der Waals surface area contributed by atoms with Crippen molar-refractivity contribution in [1.82, 2.24) is 19.2 Å². The van der Waals surface area contributed by atoms with E-state index in [9.17, 15) is 9.59 Å². The SMILES string of the molecule is Cn1c(=O)c2ccccc2n2c(COc3ccccc3C(=O)Nc3ccccc3)nnc12. The molecule has 0 fully saturated rings. The Hall–Kier alpha value is -4.46. The smallest absolute Gasteiger partial charge is 0.262 e. The molecule has 0 aliphatic carbocycles. The van der Waals surface area contributed by atoms with Crippen molar-refractivity contribution in [2.24, 2.45) is 7.05 Å². The van der Waals surface area contributed by atoms with Crippen molar-refractivity contribution in [2.45, 2.75) is 6.61 Å². The Morgan fingerprint density at radius 2 is 1.66 bits per heavy atom. The Morgan fingerprint density at radius 1 is 0.938 bits per heavy atom. The van der Waals surface area contributed by atoms with E-state index < -0.39 is 0 Å². The number of anilines is 1. The second-order valence-electron chi connectivity index (χ2n) is 7.24. The summed E-state index contributed by atoms with van der Waals surface area (Å²) >= 11 is 0. The molecule has 1 amide bonds. The van der Waals surface area contributed by atoms with Crippen LogP contribution in [0.5, 0.6) is 5.75 Å². The topological polar surface area (TPSA) is 90.5 Å². The average Bonchev–Trinajstić information content (AvgIpc) is 3.26. The number of hydrogen-bond donors (Lipinski definition) is 1. The molecule has 0 saturated heterocycles. The summed E-state index contributed by atoms with van der Waals surface area (Å²) < 4.78 is 9.25. The minimum Gasteiger partial charge on any atom is -0.485 e. The van der Waals surface area contributed by atoms with Crippen molar-refractivity contribution in [3.63, 3.8) is 0 Å². The van der Waals surface area contributed by atoms with E-state index in [-0.39, 0.29) is 18.1 Å². The second-order valence-corrected chi connectivity index (χ2v) is 7.24. The highest BCUT2D eigenvalue weighted by Gasteiger charge is 2.17. The van der Waals surface area contributed by atoms with Crippen LogP contribution < -0.4 is 15.6 Å². The van der Waals surface area contributed by atoms with E-state index in [1.165, 1.54) is 4.57 Å². The van der Waals surface area contributed by atoms with Crippen LogP contribution in [0.15, 0.2) is 83.7 Å². The van der Waals surface area contributed by atoms with E-state index in [1.54, 1.807) is 41.8 Å². The van der Waals surface area contributed by atoms with Gasteiger partial charge >= 0.3 is 0 Å². The lowest BCUT2D eigenvalue weighted by Crippen LogP contribution is -2.20. The number of carbonyl (C=O) groups excluding carboxylic acids is 1. The van der Waals surface area contributed by atoms with E-state index in [1.807, 2.05) is 48.5 Å². The number of carbonyl (C=O) groups is 1. The van der Waals surface area contributed by atoms with Crippen molar-refractivity contribution in [3.05, 3.63) is 101 Å². The van der Waals surface area contributed by atoms with Crippen molar-refractivity contribution in [1.29, 1.82) is 0 Å². The first-order chi connectivity index (χ1) is 15.6.